The molecule has 2 rings (SSSR count). The van der Waals surface area contributed by atoms with Crippen LogP contribution in [0.3, 0.4) is 0 Å². The highest BCUT2D eigenvalue weighted by atomic mass is 16.5. The summed E-state index contributed by atoms with van der Waals surface area (Å²) in [5, 5.41) is 16.4. The van der Waals surface area contributed by atoms with E-state index in [2.05, 4.69) is 22.5 Å². The summed E-state index contributed by atoms with van der Waals surface area (Å²) in [6.07, 6.45) is 6.70. The van der Waals surface area contributed by atoms with Crippen molar-refractivity contribution in [2.45, 2.75) is 51.6 Å². The van der Waals surface area contributed by atoms with Crippen LogP contribution in [0.5, 0.6) is 0 Å². The number of aliphatic hydroxyl groups excluding tert-OH is 1. The molecule has 0 radical (unpaired) electrons. The number of hydrogen-bond donors (Lipinski definition) is 3. The Hall–Kier alpha value is -0.810. The highest BCUT2D eigenvalue weighted by Gasteiger charge is 2.24. The van der Waals surface area contributed by atoms with Crippen LogP contribution in [0.25, 0.3) is 0 Å². The molecule has 2 saturated carbocycles. The summed E-state index contributed by atoms with van der Waals surface area (Å²) < 4.78 is 5.62. The molecule has 122 valence electrons. The minimum atomic E-state index is -0.160. The van der Waals surface area contributed by atoms with Gasteiger partial charge in [-0.25, -0.2) is 0 Å². The molecule has 0 aliphatic heterocycles. The van der Waals surface area contributed by atoms with Crippen LogP contribution in [-0.2, 0) is 4.74 Å². The molecular formula is C16H31N3O2. The van der Waals surface area contributed by atoms with Crippen LogP contribution in [0.15, 0.2) is 4.99 Å². The van der Waals surface area contributed by atoms with E-state index >= 15 is 0 Å². The van der Waals surface area contributed by atoms with Crippen LogP contribution in [0.4, 0.5) is 0 Å². The topological polar surface area (TPSA) is 65.9 Å². The third kappa shape index (κ3) is 6.66. The first kappa shape index (κ1) is 16.6. The molecule has 3 N–H and O–H groups in total. The average Bonchev–Trinajstić information content (AvgIpc) is 3.21. The van der Waals surface area contributed by atoms with Gasteiger partial charge in [0.1, 0.15) is 0 Å². The summed E-state index contributed by atoms with van der Waals surface area (Å²) in [4.78, 5) is 4.60. The van der Waals surface area contributed by atoms with Gasteiger partial charge in [-0.2, -0.15) is 0 Å². The van der Waals surface area contributed by atoms with E-state index < -0.39 is 0 Å². The van der Waals surface area contributed by atoms with Crippen LogP contribution < -0.4 is 10.6 Å². The standard InChI is InChI=1S/C16H31N3O2/c1-2-17-16(19-11-14-5-3-6-15(14)20)18-9-4-10-21-12-13-7-8-13/h13-15,20H,2-12H2,1H3,(H2,17,18,19). The van der Waals surface area contributed by atoms with E-state index in [0.717, 1.165) is 63.9 Å². The van der Waals surface area contributed by atoms with Crippen molar-refractivity contribution in [3.05, 3.63) is 0 Å². The van der Waals surface area contributed by atoms with Crippen molar-refractivity contribution in [1.29, 1.82) is 0 Å². The summed E-state index contributed by atoms with van der Waals surface area (Å²) in [5.41, 5.74) is 0. The van der Waals surface area contributed by atoms with E-state index in [4.69, 9.17) is 4.74 Å². The Morgan fingerprint density at radius 2 is 2.10 bits per heavy atom. The molecule has 0 aromatic rings. The van der Waals surface area contributed by atoms with E-state index in [-0.39, 0.29) is 6.10 Å². The SMILES string of the molecule is CCNC(=NCC1CCCC1O)NCCCOCC1CC1. The summed E-state index contributed by atoms with van der Waals surface area (Å²) >= 11 is 0. The molecule has 2 unspecified atom stereocenters. The predicted octanol–water partition coefficient (Wildman–Crippen LogP) is 1.52. The first-order chi connectivity index (χ1) is 10.3. The molecule has 5 nitrogen and oxygen atoms in total. The monoisotopic (exact) mass is 297 g/mol. The van der Waals surface area contributed by atoms with E-state index in [1.165, 1.54) is 12.8 Å². The molecule has 0 aromatic heterocycles. The van der Waals surface area contributed by atoms with Crippen molar-refractivity contribution < 1.29 is 9.84 Å². The quantitative estimate of drug-likeness (QED) is 0.343. The van der Waals surface area contributed by atoms with Gasteiger partial charge in [0.25, 0.3) is 0 Å². The Balaban J connectivity index is 1.58. The minimum Gasteiger partial charge on any atom is -0.393 e. The zero-order chi connectivity index (χ0) is 14.9. The zero-order valence-corrected chi connectivity index (χ0v) is 13.3. The third-order valence-electron chi connectivity index (χ3n) is 4.26. The number of nitrogens with zero attached hydrogens (tertiary/aromatic N) is 1. The first-order valence-corrected chi connectivity index (χ1v) is 8.57. The molecule has 0 aromatic carbocycles. The number of rotatable bonds is 9. The second-order valence-corrected chi connectivity index (χ2v) is 6.28. The van der Waals surface area contributed by atoms with E-state index in [9.17, 15) is 5.11 Å². The van der Waals surface area contributed by atoms with Crippen molar-refractivity contribution in [3.63, 3.8) is 0 Å². The molecule has 0 saturated heterocycles. The second-order valence-electron chi connectivity index (χ2n) is 6.28. The second kappa shape index (κ2) is 9.26. The van der Waals surface area contributed by atoms with Gasteiger partial charge in [0, 0.05) is 38.8 Å². The number of ether oxygens (including phenoxy) is 1. The number of aliphatic hydroxyl groups is 1. The van der Waals surface area contributed by atoms with Crippen molar-refractivity contribution in [2.24, 2.45) is 16.8 Å². The molecule has 0 bridgehead atoms. The molecule has 21 heavy (non-hydrogen) atoms. The van der Waals surface area contributed by atoms with Crippen molar-refractivity contribution in [3.8, 4) is 0 Å². The Morgan fingerprint density at radius 3 is 2.76 bits per heavy atom. The molecule has 2 fully saturated rings. The van der Waals surface area contributed by atoms with E-state index in [1.54, 1.807) is 0 Å². The van der Waals surface area contributed by atoms with Gasteiger partial charge in [-0.3, -0.25) is 4.99 Å². The molecule has 0 spiro atoms. The van der Waals surface area contributed by atoms with Gasteiger partial charge in [-0.05, 0) is 44.9 Å². The molecule has 2 atom stereocenters. The molecule has 5 heteroatoms. The van der Waals surface area contributed by atoms with Crippen molar-refractivity contribution >= 4 is 5.96 Å². The van der Waals surface area contributed by atoms with Crippen LogP contribution in [0, 0.1) is 11.8 Å². The molecule has 0 amide bonds. The van der Waals surface area contributed by atoms with Crippen molar-refractivity contribution in [1.82, 2.24) is 10.6 Å². The molecule has 2 aliphatic rings. The van der Waals surface area contributed by atoms with Crippen LogP contribution in [0.1, 0.15) is 45.4 Å². The van der Waals surface area contributed by atoms with Crippen LogP contribution >= 0.6 is 0 Å². The van der Waals surface area contributed by atoms with E-state index in [0.29, 0.717) is 12.5 Å². The number of aliphatic imine (C=N–C) groups is 1. The smallest absolute Gasteiger partial charge is 0.191 e. The lowest BCUT2D eigenvalue weighted by Gasteiger charge is -2.15. The number of guanidine groups is 1. The summed E-state index contributed by atoms with van der Waals surface area (Å²) in [6.45, 7) is 6.29. The fraction of sp³-hybridized carbons (Fsp3) is 0.938. The molecule has 0 heterocycles. The summed E-state index contributed by atoms with van der Waals surface area (Å²) in [5.74, 6) is 2.04. The fourth-order valence-electron chi connectivity index (χ4n) is 2.70. The largest absolute Gasteiger partial charge is 0.393 e. The van der Waals surface area contributed by atoms with Crippen molar-refractivity contribution in [2.75, 3.05) is 32.8 Å². The van der Waals surface area contributed by atoms with E-state index in [1.807, 2.05) is 0 Å². The lowest BCUT2D eigenvalue weighted by Crippen LogP contribution is -2.38. The Labute approximate surface area is 128 Å². The van der Waals surface area contributed by atoms with Crippen LogP contribution in [-0.4, -0.2) is 50.0 Å². The lowest BCUT2D eigenvalue weighted by atomic mass is 10.1. The molecular weight excluding hydrogens is 266 g/mol. The zero-order valence-electron chi connectivity index (χ0n) is 13.3. The summed E-state index contributed by atoms with van der Waals surface area (Å²) in [7, 11) is 0. The average molecular weight is 297 g/mol. The summed E-state index contributed by atoms with van der Waals surface area (Å²) in [6, 6.07) is 0. The minimum absolute atomic E-state index is 0.160. The van der Waals surface area contributed by atoms with Gasteiger partial charge < -0.3 is 20.5 Å². The maximum absolute atomic E-state index is 9.83. The van der Waals surface area contributed by atoms with Gasteiger partial charge in [-0.1, -0.05) is 6.42 Å². The Bertz CT molecular complexity index is 319. The maximum atomic E-state index is 9.83. The Kier molecular flexibility index (Phi) is 7.30. The third-order valence-corrected chi connectivity index (χ3v) is 4.26. The first-order valence-electron chi connectivity index (χ1n) is 8.57. The number of nitrogens with one attached hydrogen (secondary N) is 2. The van der Waals surface area contributed by atoms with Gasteiger partial charge in [0.05, 0.1) is 6.10 Å². The van der Waals surface area contributed by atoms with Crippen LogP contribution in [0.2, 0.25) is 0 Å². The van der Waals surface area contributed by atoms with Gasteiger partial charge in [0.2, 0.25) is 0 Å². The normalized spacial score (nSPS) is 26.1. The number of hydrogen-bond acceptors (Lipinski definition) is 3. The molecule has 2 aliphatic carbocycles. The van der Waals surface area contributed by atoms with Gasteiger partial charge >= 0.3 is 0 Å². The Morgan fingerprint density at radius 1 is 1.24 bits per heavy atom. The van der Waals surface area contributed by atoms with Gasteiger partial charge in [-0.15, -0.1) is 0 Å². The van der Waals surface area contributed by atoms with Gasteiger partial charge in [0.15, 0.2) is 5.96 Å². The maximum Gasteiger partial charge on any atom is 0.191 e. The predicted molar refractivity (Wildman–Crippen MR) is 85.5 cm³/mol. The lowest BCUT2D eigenvalue weighted by molar-refractivity contribution is 0.123. The highest BCUT2D eigenvalue weighted by molar-refractivity contribution is 5.79. The highest BCUT2D eigenvalue weighted by Crippen LogP contribution is 2.28. The fourth-order valence-corrected chi connectivity index (χ4v) is 2.70.